The third kappa shape index (κ3) is 3.22. The molecule has 0 spiro atoms. The van der Waals surface area contributed by atoms with Gasteiger partial charge in [0.15, 0.2) is 0 Å². The van der Waals surface area contributed by atoms with Crippen molar-refractivity contribution in [3.05, 3.63) is 71.7 Å². The van der Waals surface area contributed by atoms with Crippen molar-refractivity contribution in [1.82, 2.24) is 9.29 Å². The highest BCUT2D eigenvalue weighted by Crippen LogP contribution is 2.41. The zero-order chi connectivity index (χ0) is 18.3. The van der Waals surface area contributed by atoms with Crippen LogP contribution in [0.4, 0.5) is 4.39 Å². The average molecular weight is 409 g/mol. The van der Waals surface area contributed by atoms with Gasteiger partial charge in [0.2, 0.25) is 0 Å². The van der Waals surface area contributed by atoms with Gasteiger partial charge in [-0.3, -0.25) is 0 Å². The Hall–Kier alpha value is -2.35. The third-order valence-electron chi connectivity index (χ3n) is 4.40. The molecule has 0 fully saturated rings. The summed E-state index contributed by atoms with van der Waals surface area (Å²) >= 11 is 0. The minimum atomic E-state index is -3.95. The maximum absolute atomic E-state index is 13.6. The third-order valence-corrected chi connectivity index (χ3v) is 6.06. The number of fused-ring (bicyclic) bond motifs is 3. The van der Waals surface area contributed by atoms with Crippen LogP contribution >= 0.6 is 12.4 Å². The molecule has 0 saturated carbocycles. The second-order valence-corrected chi connectivity index (χ2v) is 7.87. The van der Waals surface area contributed by atoms with Gasteiger partial charge in [0.05, 0.1) is 10.6 Å². The Kier molecular flexibility index (Phi) is 5.28. The van der Waals surface area contributed by atoms with Gasteiger partial charge in [-0.05, 0) is 42.9 Å². The van der Waals surface area contributed by atoms with E-state index < -0.39 is 15.8 Å². The van der Waals surface area contributed by atoms with Crippen molar-refractivity contribution >= 4 is 22.4 Å². The quantitative estimate of drug-likeness (QED) is 0.717. The summed E-state index contributed by atoms with van der Waals surface area (Å²) in [6, 6.07) is 12.4. The number of hydrogen-bond donors (Lipinski definition) is 1. The van der Waals surface area contributed by atoms with Crippen molar-refractivity contribution in [2.24, 2.45) is 0 Å². The number of aromatic nitrogens is 1. The highest BCUT2D eigenvalue weighted by Gasteiger charge is 2.30. The molecule has 0 unspecified atom stereocenters. The number of nitrogens with zero attached hydrogens (tertiary/aromatic N) is 1. The van der Waals surface area contributed by atoms with Crippen molar-refractivity contribution in [2.45, 2.75) is 18.0 Å². The summed E-state index contributed by atoms with van der Waals surface area (Å²) in [5.74, 6) is 0.0380. The summed E-state index contributed by atoms with van der Waals surface area (Å²) in [5.41, 5.74) is 2.92. The Bertz CT molecular complexity index is 1100. The lowest BCUT2D eigenvalue weighted by Gasteiger charge is -2.21. The predicted octanol–water partition coefficient (Wildman–Crippen LogP) is 3.56. The van der Waals surface area contributed by atoms with E-state index in [-0.39, 0.29) is 23.9 Å². The Labute approximate surface area is 163 Å². The monoisotopic (exact) mass is 408 g/mol. The van der Waals surface area contributed by atoms with Crippen LogP contribution in [0.1, 0.15) is 11.1 Å². The Morgan fingerprint density at radius 1 is 1.19 bits per heavy atom. The van der Waals surface area contributed by atoms with Crippen LogP contribution in [0.2, 0.25) is 0 Å². The molecule has 8 heteroatoms. The first-order chi connectivity index (χ1) is 12.5. The minimum absolute atomic E-state index is 0. The lowest BCUT2D eigenvalue weighted by Crippen LogP contribution is -2.16. The van der Waals surface area contributed by atoms with E-state index in [2.05, 4.69) is 5.32 Å². The van der Waals surface area contributed by atoms with Crippen molar-refractivity contribution in [2.75, 3.05) is 7.05 Å². The van der Waals surface area contributed by atoms with Crippen molar-refractivity contribution < 1.29 is 17.5 Å². The summed E-state index contributed by atoms with van der Waals surface area (Å²) < 4.78 is 47.1. The van der Waals surface area contributed by atoms with E-state index in [1.54, 1.807) is 13.2 Å². The van der Waals surface area contributed by atoms with Crippen LogP contribution < -0.4 is 10.1 Å². The topological polar surface area (TPSA) is 60.3 Å². The molecular weight excluding hydrogens is 391 g/mol. The predicted molar refractivity (Wildman–Crippen MR) is 103 cm³/mol. The molecule has 0 aliphatic carbocycles. The Balaban J connectivity index is 0.00000210. The minimum Gasteiger partial charge on any atom is -0.488 e. The van der Waals surface area contributed by atoms with Crippen LogP contribution in [0.5, 0.6) is 5.75 Å². The molecule has 1 aliphatic rings. The molecule has 1 N–H and O–H groups in total. The Morgan fingerprint density at radius 2 is 1.96 bits per heavy atom. The first-order valence-electron chi connectivity index (χ1n) is 8.13. The highest BCUT2D eigenvalue weighted by molar-refractivity contribution is 7.90. The number of nitrogens with one attached hydrogen (secondary N) is 1. The summed E-state index contributed by atoms with van der Waals surface area (Å²) in [4.78, 5) is -0.0877. The number of hydrogen-bond acceptors (Lipinski definition) is 4. The van der Waals surface area contributed by atoms with Gasteiger partial charge in [0, 0.05) is 23.9 Å². The van der Waals surface area contributed by atoms with Crippen LogP contribution in [0.3, 0.4) is 0 Å². The van der Waals surface area contributed by atoms with E-state index in [0.29, 0.717) is 23.6 Å². The van der Waals surface area contributed by atoms with Gasteiger partial charge >= 0.3 is 0 Å². The second-order valence-electron chi connectivity index (χ2n) is 6.05. The molecule has 1 aliphatic heterocycles. The van der Waals surface area contributed by atoms with E-state index in [4.69, 9.17) is 4.74 Å². The van der Waals surface area contributed by atoms with E-state index in [9.17, 15) is 12.8 Å². The smallest absolute Gasteiger partial charge is 0.268 e. The fraction of sp³-hybridized carbons (Fsp3) is 0.158. The first kappa shape index (κ1) is 19.4. The number of rotatable bonds is 4. The average Bonchev–Trinajstić information content (AvgIpc) is 3.02. The second kappa shape index (κ2) is 7.34. The van der Waals surface area contributed by atoms with Gasteiger partial charge in [-0.1, -0.05) is 18.2 Å². The van der Waals surface area contributed by atoms with Gasteiger partial charge in [-0.25, -0.2) is 16.8 Å². The van der Waals surface area contributed by atoms with Gasteiger partial charge in [0.1, 0.15) is 18.2 Å². The van der Waals surface area contributed by atoms with E-state index in [1.165, 1.54) is 22.2 Å². The van der Waals surface area contributed by atoms with Crippen molar-refractivity contribution in [3.63, 3.8) is 0 Å². The van der Waals surface area contributed by atoms with Crippen LogP contribution in [0.25, 0.3) is 11.3 Å². The van der Waals surface area contributed by atoms with Crippen LogP contribution in [-0.2, 0) is 23.2 Å². The summed E-state index contributed by atoms with van der Waals surface area (Å²) in [5, 5.41) is 3.05. The van der Waals surface area contributed by atoms with Gasteiger partial charge in [-0.2, -0.15) is 0 Å². The SMILES string of the molecule is CNCc1cn(S(=O)(=O)c2cccc(F)c2)c2c1COc1ccccc1-2.Cl. The fourth-order valence-corrected chi connectivity index (χ4v) is 4.68. The lowest BCUT2D eigenvalue weighted by molar-refractivity contribution is 0.301. The molecule has 1 aromatic heterocycles. The standard InChI is InChI=1S/C19H17FN2O3S.ClH/c1-21-10-13-11-22(26(23,24)15-6-4-5-14(20)9-15)19-16-7-2-3-8-18(16)25-12-17(13)19;/h2-9,11,21H,10,12H2,1H3;1H. The number of halogens is 2. The van der Waals surface area contributed by atoms with E-state index >= 15 is 0 Å². The molecular formula is C19H18ClFN2O3S. The van der Waals surface area contributed by atoms with Crippen LogP contribution in [-0.4, -0.2) is 19.4 Å². The van der Waals surface area contributed by atoms with Crippen molar-refractivity contribution in [3.8, 4) is 17.0 Å². The molecule has 2 aromatic carbocycles. The zero-order valence-electron chi connectivity index (χ0n) is 14.5. The molecule has 5 nitrogen and oxygen atoms in total. The molecule has 0 saturated heterocycles. The summed E-state index contributed by atoms with van der Waals surface area (Å²) in [6.07, 6.45) is 1.59. The van der Waals surface area contributed by atoms with E-state index in [0.717, 1.165) is 17.2 Å². The lowest BCUT2D eigenvalue weighted by atomic mass is 10.0. The molecule has 4 rings (SSSR count). The maximum atomic E-state index is 13.6. The molecule has 0 bridgehead atoms. The number of ether oxygens (including phenoxy) is 1. The largest absolute Gasteiger partial charge is 0.488 e. The maximum Gasteiger partial charge on any atom is 0.268 e. The molecule has 0 amide bonds. The Morgan fingerprint density at radius 3 is 2.70 bits per heavy atom. The fourth-order valence-electron chi connectivity index (χ4n) is 3.22. The van der Waals surface area contributed by atoms with Crippen molar-refractivity contribution in [1.29, 1.82) is 0 Å². The zero-order valence-corrected chi connectivity index (χ0v) is 16.1. The number of para-hydroxylation sites is 1. The van der Waals surface area contributed by atoms with Gasteiger partial charge < -0.3 is 10.1 Å². The van der Waals surface area contributed by atoms with Crippen LogP contribution in [0, 0.1) is 5.82 Å². The van der Waals surface area contributed by atoms with E-state index in [1.807, 2.05) is 24.3 Å². The molecule has 2 heterocycles. The molecule has 142 valence electrons. The van der Waals surface area contributed by atoms with Gasteiger partial charge in [-0.15, -0.1) is 12.4 Å². The highest BCUT2D eigenvalue weighted by atomic mass is 35.5. The summed E-state index contributed by atoms with van der Waals surface area (Å²) in [6.45, 7) is 0.786. The molecule has 0 atom stereocenters. The van der Waals surface area contributed by atoms with Gasteiger partial charge in [0.25, 0.3) is 10.0 Å². The summed E-state index contributed by atoms with van der Waals surface area (Å²) in [7, 11) is -2.16. The molecule has 27 heavy (non-hydrogen) atoms. The first-order valence-corrected chi connectivity index (χ1v) is 9.57. The normalized spacial score (nSPS) is 12.5. The van der Waals surface area contributed by atoms with Crippen LogP contribution in [0.15, 0.2) is 59.6 Å². The molecule has 3 aromatic rings. The number of benzene rings is 2. The molecule has 0 radical (unpaired) electrons.